The maximum atomic E-state index is 12.7. The summed E-state index contributed by atoms with van der Waals surface area (Å²) in [6, 6.07) is 18.6. The molecule has 0 radical (unpaired) electrons. The summed E-state index contributed by atoms with van der Waals surface area (Å²) in [5, 5.41) is 80.8. The average molecular weight is 611 g/mol. The topological polar surface area (TPSA) is 205 Å². The van der Waals surface area contributed by atoms with Gasteiger partial charge in [0.1, 0.15) is 5.75 Å². The molecule has 0 bridgehead atoms. The van der Waals surface area contributed by atoms with Crippen molar-refractivity contribution in [3.05, 3.63) is 96.1 Å². The number of carboxylic acids is 1. The molecule has 11 heteroatoms. The van der Waals surface area contributed by atoms with Crippen LogP contribution in [0.4, 0.5) is 0 Å². The molecule has 0 aliphatic rings. The SMILES string of the molecule is O=C(C=Cc1cc(O)c(O)c2ccc(-c3cc(O)c(O)cc3-c3cccc(O)c3)cc12)OC(Cc1ccc(O)c(O)c1)C(=O)O. The van der Waals surface area contributed by atoms with Gasteiger partial charge in [-0.1, -0.05) is 24.3 Å². The summed E-state index contributed by atoms with van der Waals surface area (Å²) in [5.74, 6) is -5.05. The highest BCUT2D eigenvalue weighted by atomic mass is 16.6. The molecule has 8 N–H and O–H groups in total. The van der Waals surface area contributed by atoms with Gasteiger partial charge >= 0.3 is 11.9 Å². The average Bonchev–Trinajstić information content (AvgIpc) is 3.00. The van der Waals surface area contributed by atoms with Crippen LogP contribution in [-0.4, -0.2) is 58.9 Å². The highest BCUT2D eigenvalue weighted by Crippen LogP contribution is 2.43. The summed E-state index contributed by atoms with van der Waals surface area (Å²) in [7, 11) is 0. The second kappa shape index (κ2) is 12.1. The standard InChI is InChI=1S/C34H26O11/c35-21-3-1-2-18(12-21)24-15-28(38)29(39)16-25(24)19-5-7-22-23(13-19)20(14-30(40)33(22)42)6-9-32(41)45-31(34(43)44)11-17-4-8-26(36)27(37)10-17/h1-10,12-16,31,35-40,42H,11H2,(H,43,44). The van der Waals surface area contributed by atoms with Crippen LogP contribution in [0, 0.1) is 0 Å². The Labute approximate surface area is 255 Å². The number of carboxylic acid groups (broad SMARTS) is 1. The van der Waals surface area contributed by atoms with E-state index in [0.29, 0.717) is 33.2 Å². The van der Waals surface area contributed by atoms with Crippen LogP contribution < -0.4 is 0 Å². The number of phenolic OH excluding ortho intramolecular Hbond substituents is 7. The monoisotopic (exact) mass is 610 g/mol. The highest BCUT2D eigenvalue weighted by Gasteiger charge is 2.23. The molecule has 0 aromatic heterocycles. The van der Waals surface area contributed by atoms with Crippen molar-refractivity contribution in [2.75, 3.05) is 0 Å². The Bertz CT molecular complexity index is 2000. The fourth-order valence-corrected chi connectivity index (χ4v) is 4.88. The highest BCUT2D eigenvalue weighted by molar-refractivity contribution is 6.02. The maximum Gasteiger partial charge on any atom is 0.345 e. The maximum absolute atomic E-state index is 12.7. The van der Waals surface area contributed by atoms with E-state index in [1.54, 1.807) is 24.3 Å². The van der Waals surface area contributed by atoms with Crippen molar-refractivity contribution in [1.82, 2.24) is 0 Å². The number of aliphatic carboxylic acids is 1. The van der Waals surface area contributed by atoms with Gasteiger partial charge in [-0.25, -0.2) is 9.59 Å². The van der Waals surface area contributed by atoms with Crippen molar-refractivity contribution in [3.8, 4) is 62.5 Å². The first-order chi connectivity index (χ1) is 21.4. The molecule has 5 aromatic rings. The molecule has 5 rings (SSSR count). The van der Waals surface area contributed by atoms with Crippen molar-refractivity contribution in [1.29, 1.82) is 0 Å². The molecule has 0 saturated carbocycles. The van der Waals surface area contributed by atoms with Gasteiger partial charge in [0, 0.05) is 17.9 Å². The minimum Gasteiger partial charge on any atom is -0.508 e. The van der Waals surface area contributed by atoms with Crippen LogP contribution in [0.2, 0.25) is 0 Å². The van der Waals surface area contributed by atoms with Crippen molar-refractivity contribution in [2.45, 2.75) is 12.5 Å². The van der Waals surface area contributed by atoms with Crippen LogP contribution >= 0.6 is 0 Å². The van der Waals surface area contributed by atoms with Crippen LogP contribution in [0.25, 0.3) is 39.1 Å². The van der Waals surface area contributed by atoms with Gasteiger partial charge in [-0.2, -0.15) is 0 Å². The number of rotatable bonds is 8. The normalized spacial score (nSPS) is 11.9. The van der Waals surface area contributed by atoms with Gasteiger partial charge in [0.05, 0.1) is 0 Å². The van der Waals surface area contributed by atoms with Crippen LogP contribution in [-0.2, 0) is 20.7 Å². The molecule has 0 fully saturated rings. The third-order valence-electron chi connectivity index (χ3n) is 7.10. The van der Waals surface area contributed by atoms with E-state index in [0.717, 1.165) is 12.1 Å². The molecule has 1 atom stereocenters. The lowest BCUT2D eigenvalue weighted by Crippen LogP contribution is -2.28. The van der Waals surface area contributed by atoms with Gasteiger partial charge < -0.3 is 45.6 Å². The van der Waals surface area contributed by atoms with E-state index in [4.69, 9.17) is 4.74 Å². The lowest BCUT2D eigenvalue weighted by atomic mass is 9.91. The summed E-state index contributed by atoms with van der Waals surface area (Å²) in [5.41, 5.74) is 2.49. The number of hydrogen-bond donors (Lipinski definition) is 8. The van der Waals surface area contributed by atoms with E-state index in [9.17, 15) is 50.4 Å². The molecule has 0 saturated heterocycles. The number of carbonyl (C=O) groups excluding carboxylic acids is 1. The molecule has 5 aromatic carbocycles. The first kappa shape index (κ1) is 30.1. The van der Waals surface area contributed by atoms with Gasteiger partial charge in [0.2, 0.25) is 6.10 Å². The first-order valence-electron chi connectivity index (χ1n) is 13.4. The number of esters is 1. The van der Waals surface area contributed by atoms with Crippen LogP contribution in [0.5, 0.6) is 40.2 Å². The molecule has 0 aliphatic heterocycles. The molecule has 0 amide bonds. The van der Waals surface area contributed by atoms with E-state index in [-0.39, 0.29) is 28.9 Å². The Morgan fingerprint density at radius 3 is 1.98 bits per heavy atom. The fourth-order valence-electron chi connectivity index (χ4n) is 4.88. The Kier molecular flexibility index (Phi) is 8.09. The lowest BCUT2D eigenvalue weighted by molar-refractivity contribution is -0.160. The van der Waals surface area contributed by atoms with Crippen molar-refractivity contribution in [2.24, 2.45) is 0 Å². The van der Waals surface area contributed by atoms with E-state index in [1.807, 2.05) is 0 Å². The van der Waals surface area contributed by atoms with Gasteiger partial charge in [-0.3, -0.25) is 0 Å². The molecule has 0 aliphatic carbocycles. The Morgan fingerprint density at radius 1 is 0.667 bits per heavy atom. The Balaban J connectivity index is 1.51. The number of fused-ring (bicyclic) bond motifs is 1. The van der Waals surface area contributed by atoms with Gasteiger partial charge in [-0.05, 0) is 99.4 Å². The molecule has 0 spiro atoms. The molecule has 45 heavy (non-hydrogen) atoms. The van der Waals surface area contributed by atoms with E-state index >= 15 is 0 Å². The van der Waals surface area contributed by atoms with Crippen LogP contribution in [0.15, 0.2) is 84.9 Å². The van der Waals surface area contributed by atoms with Crippen molar-refractivity contribution >= 4 is 28.8 Å². The molecule has 228 valence electrons. The third kappa shape index (κ3) is 6.37. The Hall–Kier alpha value is -6.36. The zero-order chi connectivity index (χ0) is 32.4. The molecule has 11 nitrogen and oxygen atoms in total. The van der Waals surface area contributed by atoms with Crippen LogP contribution in [0.3, 0.4) is 0 Å². The van der Waals surface area contributed by atoms with Crippen molar-refractivity contribution < 1.29 is 55.2 Å². The summed E-state index contributed by atoms with van der Waals surface area (Å²) in [6.07, 6.45) is 0.298. The summed E-state index contributed by atoms with van der Waals surface area (Å²) in [6.45, 7) is 0. The predicted molar refractivity (Wildman–Crippen MR) is 163 cm³/mol. The smallest absolute Gasteiger partial charge is 0.345 e. The minimum atomic E-state index is -1.62. The fraction of sp³-hybridized carbons (Fsp3) is 0.0588. The third-order valence-corrected chi connectivity index (χ3v) is 7.10. The van der Waals surface area contributed by atoms with E-state index < -0.39 is 46.8 Å². The summed E-state index contributed by atoms with van der Waals surface area (Å²) < 4.78 is 5.11. The van der Waals surface area contributed by atoms with Gasteiger partial charge in [0.15, 0.2) is 34.5 Å². The second-order valence-corrected chi connectivity index (χ2v) is 10.2. The van der Waals surface area contributed by atoms with Gasteiger partial charge in [0.25, 0.3) is 0 Å². The second-order valence-electron chi connectivity index (χ2n) is 10.2. The molecular formula is C34H26O11. The van der Waals surface area contributed by atoms with E-state index in [1.165, 1.54) is 54.6 Å². The van der Waals surface area contributed by atoms with Crippen LogP contribution in [0.1, 0.15) is 11.1 Å². The van der Waals surface area contributed by atoms with Crippen molar-refractivity contribution in [3.63, 3.8) is 0 Å². The first-order valence-corrected chi connectivity index (χ1v) is 13.4. The zero-order valence-corrected chi connectivity index (χ0v) is 23.2. The Morgan fingerprint density at radius 2 is 1.33 bits per heavy atom. The number of phenols is 7. The number of carbonyl (C=O) groups is 2. The molecular weight excluding hydrogens is 584 g/mol. The number of hydrogen-bond acceptors (Lipinski definition) is 10. The zero-order valence-electron chi connectivity index (χ0n) is 23.2. The minimum absolute atomic E-state index is 0.0180. The predicted octanol–water partition coefficient (Wildman–Crippen LogP) is 5.37. The quantitative estimate of drug-likeness (QED) is 0.0637. The lowest BCUT2D eigenvalue weighted by Gasteiger charge is -2.15. The number of aromatic hydroxyl groups is 7. The summed E-state index contributed by atoms with van der Waals surface area (Å²) in [4.78, 5) is 24.4. The number of ether oxygens (including phenoxy) is 1. The summed E-state index contributed by atoms with van der Waals surface area (Å²) >= 11 is 0. The molecule has 0 heterocycles. The van der Waals surface area contributed by atoms with E-state index in [2.05, 4.69) is 0 Å². The molecule has 1 unspecified atom stereocenters. The number of benzene rings is 5. The van der Waals surface area contributed by atoms with Gasteiger partial charge in [-0.15, -0.1) is 0 Å². The largest absolute Gasteiger partial charge is 0.508 e.